The Hall–Kier alpha value is -3.28. The molecule has 0 fully saturated rings. The first-order chi connectivity index (χ1) is 15.1. The van der Waals surface area contributed by atoms with E-state index in [0.717, 1.165) is 54.2 Å². The molecule has 0 bridgehead atoms. The minimum Gasteiger partial charge on any atom is -0.475 e. The fraction of sp³-hybridized carbons (Fsp3) is 0.450. The van der Waals surface area contributed by atoms with Crippen LogP contribution in [-0.2, 0) is 30.6 Å². The molecule has 0 unspecified atom stereocenters. The second kappa shape index (κ2) is 9.47. The van der Waals surface area contributed by atoms with Crippen molar-refractivity contribution in [2.75, 3.05) is 6.54 Å². The molecule has 0 spiro atoms. The second-order valence-corrected chi connectivity index (χ2v) is 7.27. The quantitative estimate of drug-likeness (QED) is 0.612. The number of carbonyl (C=O) groups is 1. The summed E-state index contributed by atoms with van der Waals surface area (Å²) in [5.74, 6) is -0.645. The van der Waals surface area contributed by atoms with Crippen LogP contribution in [0.4, 0.5) is 13.2 Å². The van der Waals surface area contributed by atoms with Crippen molar-refractivity contribution in [3.8, 4) is 11.4 Å². The van der Waals surface area contributed by atoms with Crippen molar-refractivity contribution in [3.05, 3.63) is 45.9 Å². The Morgan fingerprint density at radius 1 is 1.16 bits per heavy atom. The third kappa shape index (κ3) is 5.31. The topological polar surface area (TPSA) is 127 Å². The molecule has 12 heteroatoms. The molecule has 0 saturated heterocycles. The summed E-state index contributed by atoms with van der Waals surface area (Å²) in [5.41, 5.74) is 6.49. The molecular weight excluding hydrogens is 431 g/mol. The SMILES string of the molecule is Cc1noc(C)c1CCc1nc(-c2c(C)ncc3c2CCNC3)no1.O=C(O)C(F)(F)F. The van der Waals surface area contributed by atoms with E-state index in [4.69, 9.17) is 18.9 Å². The lowest BCUT2D eigenvalue weighted by atomic mass is 9.95. The third-order valence-electron chi connectivity index (χ3n) is 5.04. The fourth-order valence-electron chi connectivity index (χ4n) is 3.42. The Morgan fingerprint density at radius 2 is 1.88 bits per heavy atom. The number of halogens is 3. The number of hydrogen-bond acceptors (Lipinski definition) is 8. The number of aliphatic carboxylic acids is 1. The van der Waals surface area contributed by atoms with Crippen LogP contribution in [-0.4, -0.2) is 44.1 Å². The first kappa shape index (κ1) is 23.4. The van der Waals surface area contributed by atoms with E-state index in [1.54, 1.807) is 0 Å². The van der Waals surface area contributed by atoms with Crippen molar-refractivity contribution in [1.82, 2.24) is 25.6 Å². The summed E-state index contributed by atoms with van der Waals surface area (Å²) in [6, 6.07) is 0. The summed E-state index contributed by atoms with van der Waals surface area (Å²) >= 11 is 0. The number of alkyl halides is 3. The molecule has 0 aromatic carbocycles. The Morgan fingerprint density at radius 3 is 2.50 bits per heavy atom. The first-order valence-corrected chi connectivity index (χ1v) is 9.80. The van der Waals surface area contributed by atoms with Gasteiger partial charge in [0, 0.05) is 36.0 Å². The van der Waals surface area contributed by atoms with Gasteiger partial charge in [0.25, 0.3) is 0 Å². The van der Waals surface area contributed by atoms with E-state index in [9.17, 15) is 13.2 Å². The summed E-state index contributed by atoms with van der Waals surface area (Å²) in [4.78, 5) is 18.0. The Kier molecular flexibility index (Phi) is 6.92. The predicted octanol–water partition coefficient (Wildman–Crippen LogP) is 3.11. The molecular formula is C20H22F3N5O4. The van der Waals surface area contributed by atoms with Crippen molar-refractivity contribution in [3.63, 3.8) is 0 Å². The third-order valence-corrected chi connectivity index (χ3v) is 5.04. The molecule has 9 nitrogen and oxygen atoms in total. The fourth-order valence-corrected chi connectivity index (χ4v) is 3.42. The summed E-state index contributed by atoms with van der Waals surface area (Å²) in [7, 11) is 0. The molecule has 3 aromatic rings. The van der Waals surface area contributed by atoms with Gasteiger partial charge in [0.2, 0.25) is 11.7 Å². The van der Waals surface area contributed by atoms with Crippen LogP contribution in [0.25, 0.3) is 11.4 Å². The number of carboxylic acid groups (broad SMARTS) is 1. The molecule has 1 aliphatic heterocycles. The highest BCUT2D eigenvalue weighted by atomic mass is 19.4. The van der Waals surface area contributed by atoms with Gasteiger partial charge in [0.05, 0.1) is 5.69 Å². The highest BCUT2D eigenvalue weighted by Gasteiger charge is 2.38. The van der Waals surface area contributed by atoms with Crippen molar-refractivity contribution >= 4 is 5.97 Å². The normalized spacial score (nSPS) is 13.3. The van der Waals surface area contributed by atoms with Crippen LogP contribution >= 0.6 is 0 Å². The largest absolute Gasteiger partial charge is 0.490 e. The number of nitrogens with zero attached hydrogens (tertiary/aromatic N) is 4. The highest BCUT2D eigenvalue weighted by Crippen LogP contribution is 2.28. The van der Waals surface area contributed by atoms with Crippen LogP contribution in [0.1, 0.15) is 39.7 Å². The van der Waals surface area contributed by atoms with Crippen LogP contribution in [0.2, 0.25) is 0 Å². The number of carboxylic acids is 1. The van der Waals surface area contributed by atoms with Crippen molar-refractivity contribution in [2.24, 2.45) is 0 Å². The highest BCUT2D eigenvalue weighted by molar-refractivity contribution is 5.73. The van der Waals surface area contributed by atoms with Gasteiger partial charge < -0.3 is 19.5 Å². The lowest BCUT2D eigenvalue weighted by molar-refractivity contribution is -0.192. The van der Waals surface area contributed by atoms with Gasteiger partial charge in [-0.05, 0) is 51.3 Å². The molecule has 0 amide bonds. The van der Waals surface area contributed by atoms with Gasteiger partial charge in [-0.15, -0.1) is 0 Å². The van der Waals surface area contributed by atoms with E-state index in [1.807, 2.05) is 27.0 Å². The minimum atomic E-state index is -5.08. The maximum absolute atomic E-state index is 10.6. The number of nitrogens with one attached hydrogen (secondary N) is 1. The summed E-state index contributed by atoms with van der Waals surface area (Å²) in [6.45, 7) is 7.67. The maximum atomic E-state index is 10.6. The van der Waals surface area contributed by atoms with Gasteiger partial charge in [-0.2, -0.15) is 18.2 Å². The molecule has 0 aliphatic carbocycles. The minimum absolute atomic E-state index is 0.626. The standard InChI is InChI=1S/C18H21N5O2.C2HF3O2/c1-10-14(12(3)24-22-10)4-5-16-21-18(23-25-16)17-11(2)20-9-13-8-19-7-6-15(13)17;3-2(4,5)1(6)7/h9,19H,4-8H2,1-3H3;(H,6,7). The average Bonchev–Trinajstić information content (AvgIpc) is 3.32. The van der Waals surface area contributed by atoms with Gasteiger partial charge in [0.1, 0.15) is 5.76 Å². The lowest BCUT2D eigenvalue weighted by Crippen LogP contribution is -2.24. The maximum Gasteiger partial charge on any atom is 0.490 e. The predicted molar refractivity (Wildman–Crippen MR) is 105 cm³/mol. The molecule has 2 N–H and O–H groups in total. The summed E-state index contributed by atoms with van der Waals surface area (Å²) < 4.78 is 42.4. The van der Waals surface area contributed by atoms with Crippen molar-refractivity contribution in [1.29, 1.82) is 0 Å². The van der Waals surface area contributed by atoms with E-state index in [1.165, 1.54) is 11.1 Å². The first-order valence-electron chi connectivity index (χ1n) is 9.80. The van der Waals surface area contributed by atoms with Crippen LogP contribution in [0, 0.1) is 20.8 Å². The van der Waals surface area contributed by atoms with E-state index in [2.05, 4.69) is 25.6 Å². The van der Waals surface area contributed by atoms with E-state index in [0.29, 0.717) is 18.1 Å². The Labute approximate surface area is 181 Å². The van der Waals surface area contributed by atoms with Gasteiger partial charge in [-0.3, -0.25) is 4.98 Å². The zero-order valence-corrected chi connectivity index (χ0v) is 17.7. The number of aromatic nitrogens is 4. The summed E-state index contributed by atoms with van der Waals surface area (Å²) in [5, 5.41) is 18.7. The molecule has 0 saturated carbocycles. The lowest BCUT2D eigenvalue weighted by Gasteiger charge is -2.19. The van der Waals surface area contributed by atoms with Crippen molar-refractivity contribution < 1.29 is 32.1 Å². The van der Waals surface area contributed by atoms with E-state index >= 15 is 0 Å². The number of fused-ring (bicyclic) bond motifs is 1. The van der Waals surface area contributed by atoms with Crippen LogP contribution in [0.3, 0.4) is 0 Å². The van der Waals surface area contributed by atoms with Gasteiger partial charge in [-0.25, -0.2) is 4.79 Å². The van der Waals surface area contributed by atoms with E-state index < -0.39 is 12.1 Å². The second-order valence-electron chi connectivity index (χ2n) is 7.27. The van der Waals surface area contributed by atoms with E-state index in [-0.39, 0.29) is 0 Å². The number of hydrogen-bond donors (Lipinski definition) is 2. The zero-order valence-electron chi connectivity index (χ0n) is 17.7. The molecule has 4 rings (SSSR count). The Bertz CT molecular complexity index is 1090. The molecule has 172 valence electrons. The molecule has 3 aromatic heterocycles. The molecule has 1 aliphatic rings. The van der Waals surface area contributed by atoms with Crippen LogP contribution in [0.5, 0.6) is 0 Å². The summed E-state index contributed by atoms with van der Waals surface area (Å²) in [6.07, 6.45) is -0.744. The zero-order chi connectivity index (χ0) is 23.5. The van der Waals surface area contributed by atoms with Gasteiger partial charge in [-0.1, -0.05) is 10.3 Å². The van der Waals surface area contributed by atoms with Crippen LogP contribution < -0.4 is 5.32 Å². The van der Waals surface area contributed by atoms with Gasteiger partial charge in [0.15, 0.2) is 0 Å². The molecule has 4 heterocycles. The number of pyridine rings is 1. The average molecular weight is 453 g/mol. The molecule has 0 atom stereocenters. The number of aryl methyl sites for hydroxylation is 4. The Balaban J connectivity index is 0.000000360. The van der Waals surface area contributed by atoms with Crippen molar-refractivity contribution in [2.45, 2.75) is 52.8 Å². The molecule has 32 heavy (non-hydrogen) atoms. The smallest absolute Gasteiger partial charge is 0.475 e. The molecule has 0 radical (unpaired) electrons. The van der Waals surface area contributed by atoms with Crippen LogP contribution in [0.15, 0.2) is 15.2 Å². The number of rotatable bonds is 4. The van der Waals surface area contributed by atoms with Gasteiger partial charge >= 0.3 is 12.1 Å². The monoisotopic (exact) mass is 453 g/mol.